The first-order chi connectivity index (χ1) is 12.3. The summed E-state index contributed by atoms with van der Waals surface area (Å²) in [5, 5.41) is 58.5. The molecule has 0 aromatic carbocycles. The molecule has 10 nitrogen and oxygen atoms in total. The monoisotopic (exact) mass is 376 g/mol. The highest BCUT2D eigenvalue weighted by Crippen LogP contribution is 2.47. The minimum Gasteiger partial charge on any atom is -0.478 e. The van der Waals surface area contributed by atoms with Crippen molar-refractivity contribution in [3.05, 3.63) is 11.8 Å². The zero-order valence-corrected chi connectivity index (χ0v) is 14.1. The van der Waals surface area contributed by atoms with Gasteiger partial charge in [-0.2, -0.15) is 0 Å². The quantitative estimate of drug-likeness (QED) is 0.316. The SMILES string of the molecule is C[C@H]1[C@H]2[C@H](O[C@H]3O[C@@H](CO)[C@@H](O)[C@@H](O)[C@@H]3O)OC=C(C(=O)O)[C@H]2C[C@@H]1O. The molecule has 0 aromatic rings. The van der Waals surface area contributed by atoms with E-state index in [4.69, 9.17) is 14.2 Å². The number of hydrogen-bond acceptors (Lipinski definition) is 9. The summed E-state index contributed by atoms with van der Waals surface area (Å²) in [7, 11) is 0. The second kappa shape index (κ2) is 7.39. The minimum atomic E-state index is -1.60. The number of carbonyl (C=O) groups is 1. The van der Waals surface area contributed by atoms with Crippen LogP contribution in [0, 0.1) is 17.8 Å². The molecule has 1 aliphatic carbocycles. The van der Waals surface area contributed by atoms with Gasteiger partial charge in [0.1, 0.15) is 24.4 Å². The first kappa shape index (κ1) is 19.5. The Morgan fingerprint density at radius 1 is 1.19 bits per heavy atom. The summed E-state index contributed by atoms with van der Waals surface area (Å²) in [6.45, 7) is 1.15. The molecule has 10 atom stereocenters. The second-order valence-electron chi connectivity index (χ2n) is 7.06. The van der Waals surface area contributed by atoms with Crippen LogP contribution in [0.3, 0.4) is 0 Å². The number of ether oxygens (including phenoxy) is 3. The third-order valence-corrected chi connectivity index (χ3v) is 5.58. The average molecular weight is 376 g/mol. The van der Waals surface area contributed by atoms with Gasteiger partial charge in [0.2, 0.25) is 6.29 Å². The predicted octanol–water partition coefficient (Wildman–Crippen LogP) is -2.24. The summed E-state index contributed by atoms with van der Waals surface area (Å²) in [6.07, 6.45) is -7.71. The maximum absolute atomic E-state index is 11.4. The molecule has 148 valence electrons. The van der Waals surface area contributed by atoms with E-state index in [1.165, 1.54) is 0 Å². The molecule has 0 bridgehead atoms. The molecule has 0 spiro atoms. The lowest BCUT2D eigenvalue weighted by molar-refractivity contribution is -0.342. The fraction of sp³-hybridized carbons (Fsp3) is 0.812. The van der Waals surface area contributed by atoms with Crippen LogP contribution in [-0.4, -0.2) is 86.3 Å². The van der Waals surface area contributed by atoms with Crippen LogP contribution in [0.25, 0.3) is 0 Å². The Bertz CT molecular complexity index is 563. The van der Waals surface area contributed by atoms with Crippen LogP contribution < -0.4 is 0 Å². The van der Waals surface area contributed by atoms with E-state index in [0.29, 0.717) is 0 Å². The van der Waals surface area contributed by atoms with Crippen LogP contribution in [0.5, 0.6) is 0 Å². The number of fused-ring (bicyclic) bond motifs is 1. The molecule has 0 unspecified atom stereocenters. The first-order valence-corrected chi connectivity index (χ1v) is 8.49. The number of aliphatic hydroxyl groups is 5. The molecule has 0 aromatic heterocycles. The van der Waals surface area contributed by atoms with Crippen molar-refractivity contribution in [2.75, 3.05) is 6.61 Å². The Hall–Kier alpha value is -1.27. The highest BCUT2D eigenvalue weighted by Gasteiger charge is 2.53. The van der Waals surface area contributed by atoms with Gasteiger partial charge >= 0.3 is 5.97 Å². The zero-order valence-electron chi connectivity index (χ0n) is 14.1. The Morgan fingerprint density at radius 3 is 2.50 bits per heavy atom. The van der Waals surface area contributed by atoms with E-state index < -0.39 is 67.5 Å². The summed E-state index contributed by atoms with van der Waals surface area (Å²) in [4.78, 5) is 11.4. The van der Waals surface area contributed by atoms with Crippen molar-refractivity contribution in [3.8, 4) is 0 Å². The van der Waals surface area contributed by atoms with Crippen molar-refractivity contribution in [2.45, 2.75) is 56.4 Å². The van der Waals surface area contributed by atoms with Crippen LogP contribution in [0.15, 0.2) is 11.8 Å². The fourth-order valence-corrected chi connectivity index (χ4v) is 3.99. The van der Waals surface area contributed by atoms with E-state index >= 15 is 0 Å². The summed E-state index contributed by atoms with van der Waals surface area (Å²) < 4.78 is 16.3. The van der Waals surface area contributed by atoms with Gasteiger partial charge in [0.05, 0.1) is 24.5 Å². The molecule has 0 amide bonds. The highest BCUT2D eigenvalue weighted by atomic mass is 16.8. The van der Waals surface area contributed by atoms with Gasteiger partial charge in [-0.1, -0.05) is 6.92 Å². The van der Waals surface area contributed by atoms with E-state index in [2.05, 4.69) is 0 Å². The van der Waals surface area contributed by atoms with E-state index in [1.807, 2.05) is 0 Å². The van der Waals surface area contributed by atoms with Crippen molar-refractivity contribution in [1.29, 1.82) is 0 Å². The van der Waals surface area contributed by atoms with Crippen molar-refractivity contribution in [2.24, 2.45) is 17.8 Å². The largest absolute Gasteiger partial charge is 0.478 e. The molecule has 0 radical (unpaired) electrons. The van der Waals surface area contributed by atoms with Gasteiger partial charge in [-0.15, -0.1) is 0 Å². The van der Waals surface area contributed by atoms with Gasteiger partial charge in [-0.25, -0.2) is 4.79 Å². The van der Waals surface area contributed by atoms with E-state index in [-0.39, 0.29) is 17.9 Å². The highest BCUT2D eigenvalue weighted by molar-refractivity contribution is 5.87. The summed E-state index contributed by atoms with van der Waals surface area (Å²) in [6, 6.07) is 0. The Kier molecular flexibility index (Phi) is 5.54. The Labute approximate surface area is 149 Å². The lowest BCUT2D eigenvalue weighted by Gasteiger charge is -2.43. The molecule has 2 fully saturated rings. The maximum atomic E-state index is 11.4. The topological polar surface area (TPSA) is 166 Å². The summed E-state index contributed by atoms with van der Waals surface area (Å²) in [5.41, 5.74) is 0.0343. The second-order valence-corrected chi connectivity index (χ2v) is 7.06. The van der Waals surface area contributed by atoms with Gasteiger partial charge in [0.15, 0.2) is 6.29 Å². The maximum Gasteiger partial charge on any atom is 0.334 e. The molecule has 3 rings (SSSR count). The summed E-state index contributed by atoms with van der Waals surface area (Å²) in [5.74, 6) is -2.49. The van der Waals surface area contributed by atoms with Crippen LogP contribution in [-0.2, 0) is 19.0 Å². The third kappa shape index (κ3) is 3.22. The Morgan fingerprint density at radius 2 is 1.88 bits per heavy atom. The molecule has 1 saturated carbocycles. The van der Waals surface area contributed by atoms with Crippen molar-refractivity contribution in [1.82, 2.24) is 0 Å². The molecular formula is C16H24O10. The van der Waals surface area contributed by atoms with Gasteiger partial charge < -0.3 is 44.8 Å². The van der Waals surface area contributed by atoms with Crippen LogP contribution in [0.2, 0.25) is 0 Å². The van der Waals surface area contributed by atoms with Gasteiger partial charge in [0.25, 0.3) is 0 Å². The Balaban J connectivity index is 1.79. The summed E-state index contributed by atoms with van der Waals surface area (Å²) >= 11 is 0. The number of rotatable bonds is 4. The predicted molar refractivity (Wildman–Crippen MR) is 82.2 cm³/mol. The fourth-order valence-electron chi connectivity index (χ4n) is 3.99. The van der Waals surface area contributed by atoms with Gasteiger partial charge in [-0.05, 0) is 12.3 Å². The number of carboxylic acid groups (broad SMARTS) is 1. The third-order valence-electron chi connectivity index (χ3n) is 5.58. The lowest BCUT2D eigenvalue weighted by Crippen LogP contribution is -2.60. The molecule has 1 saturated heterocycles. The van der Waals surface area contributed by atoms with Crippen molar-refractivity contribution < 1.29 is 49.6 Å². The average Bonchev–Trinajstić information content (AvgIpc) is 2.90. The number of hydrogen-bond donors (Lipinski definition) is 6. The first-order valence-electron chi connectivity index (χ1n) is 8.49. The van der Waals surface area contributed by atoms with Crippen LogP contribution >= 0.6 is 0 Å². The molecule has 26 heavy (non-hydrogen) atoms. The smallest absolute Gasteiger partial charge is 0.334 e. The standard InChI is InChI=1S/C16H24O10/c1-5-8(18)2-6-7(14(22)23)4-24-15(10(5)6)26-16-13(21)12(20)11(19)9(3-17)25-16/h4-6,8-13,15-21H,2-3H2,1H3,(H,22,23)/t5-,6-,8+,9+,10-,11-,12-,13+,15+,16-/m1/s1. The molecule has 2 heterocycles. The van der Waals surface area contributed by atoms with E-state index in [1.54, 1.807) is 6.92 Å². The van der Waals surface area contributed by atoms with Crippen molar-refractivity contribution in [3.63, 3.8) is 0 Å². The van der Waals surface area contributed by atoms with Crippen LogP contribution in [0.4, 0.5) is 0 Å². The number of aliphatic carboxylic acids is 1. The molecule has 2 aliphatic heterocycles. The molecule has 6 N–H and O–H groups in total. The zero-order chi connectivity index (χ0) is 19.2. The minimum absolute atomic E-state index is 0.0343. The molecular weight excluding hydrogens is 352 g/mol. The van der Waals surface area contributed by atoms with Crippen molar-refractivity contribution >= 4 is 5.97 Å². The van der Waals surface area contributed by atoms with E-state index in [9.17, 15) is 35.4 Å². The normalized spacial score (nSPS) is 48.5. The van der Waals surface area contributed by atoms with Gasteiger partial charge in [0, 0.05) is 11.8 Å². The number of aliphatic hydroxyl groups excluding tert-OH is 5. The molecule has 3 aliphatic rings. The van der Waals surface area contributed by atoms with E-state index in [0.717, 1.165) is 6.26 Å². The van der Waals surface area contributed by atoms with Crippen LogP contribution in [0.1, 0.15) is 13.3 Å². The van der Waals surface area contributed by atoms with Gasteiger partial charge in [-0.3, -0.25) is 0 Å². The molecule has 10 heteroatoms. The lowest BCUT2D eigenvalue weighted by atomic mass is 9.83. The number of carboxylic acids is 1.